The van der Waals surface area contributed by atoms with Crippen LogP contribution in [0.5, 0.6) is 0 Å². The first-order valence-corrected chi connectivity index (χ1v) is 7.78. The monoisotopic (exact) mass is 313 g/mol. The van der Waals surface area contributed by atoms with E-state index in [0.717, 1.165) is 0 Å². The van der Waals surface area contributed by atoms with E-state index in [1.807, 2.05) is 0 Å². The van der Waals surface area contributed by atoms with Crippen molar-refractivity contribution in [3.63, 3.8) is 0 Å². The van der Waals surface area contributed by atoms with Crippen LogP contribution in [0.3, 0.4) is 0 Å². The molecule has 0 amide bonds. The zero-order valence-corrected chi connectivity index (χ0v) is 12.0. The maximum Gasteiger partial charge on any atom is 0.181 e. The number of furan rings is 1. The predicted octanol–water partition coefficient (Wildman–Crippen LogP) is 2.76. The zero-order chi connectivity index (χ0) is 14.4. The summed E-state index contributed by atoms with van der Waals surface area (Å²) < 4.78 is 28.9. The lowest BCUT2D eigenvalue weighted by atomic mass is 10.4. The highest BCUT2D eigenvalue weighted by Gasteiger charge is 2.14. The summed E-state index contributed by atoms with van der Waals surface area (Å²) in [5.74, 6) is 0.370. The van der Waals surface area contributed by atoms with Gasteiger partial charge < -0.3 is 9.25 Å². The third-order valence-electron chi connectivity index (χ3n) is 2.41. The van der Waals surface area contributed by atoms with Gasteiger partial charge in [0.2, 0.25) is 0 Å². The summed E-state index contributed by atoms with van der Waals surface area (Å²) in [7, 11) is -3.39. The largest absolute Gasteiger partial charge is 0.463 e. The molecule has 0 radical (unpaired) electrons. The molecule has 7 heteroatoms. The molecule has 5 nitrogen and oxygen atoms in total. The number of rotatable bonds is 6. The van der Waals surface area contributed by atoms with E-state index in [-0.39, 0.29) is 17.3 Å². The molecule has 0 saturated heterocycles. The minimum absolute atomic E-state index is 0.0395. The molecule has 0 aliphatic rings. The predicted molar refractivity (Wildman–Crippen MR) is 75.8 cm³/mol. The Balaban J connectivity index is 1.85. The first-order chi connectivity index (χ1) is 9.58. The summed E-state index contributed by atoms with van der Waals surface area (Å²) in [4.78, 5) is 5.10. The first-order valence-electron chi connectivity index (χ1n) is 5.75. The van der Waals surface area contributed by atoms with E-state index in [2.05, 4.69) is 5.16 Å². The molecule has 0 saturated carbocycles. The first kappa shape index (κ1) is 14.6. The van der Waals surface area contributed by atoms with Crippen LogP contribution in [-0.2, 0) is 14.7 Å². The molecule has 0 spiro atoms. The Kier molecular flexibility index (Phi) is 4.81. The molecule has 0 fully saturated rings. The van der Waals surface area contributed by atoms with Gasteiger partial charge in [0.1, 0.15) is 18.6 Å². The van der Waals surface area contributed by atoms with Crippen LogP contribution >= 0.6 is 11.6 Å². The smallest absolute Gasteiger partial charge is 0.181 e. The molecule has 2 rings (SSSR count). The van der Waals surface area contributed by atoms with Crippen molar-refractivity contribution in [2.45, 2.75) is 4.90 Å². The van der Waals surface area contributed by atoms with Gasteiger partial charge in [0.15, 0.2) is 9.84 Å². The second-order valence-corrected chi connectivity index (χ2v) is 6.40. The van der Waals surface area contributed by atoms with Crippen LogP contribution in [0, 0.1) is 0 Å². The molecule has 2 aromatic rings. The van der Waals surface area contributed by atoms with Crippen molar-refractivity contribution < 1.29 is 17.7 Å². The number of oxime groups is 1. The van der Waals surface area contributed by atoms with E-state index < -0.39 is 9.84 Å². The Morgan fingerprint density at radius 3 is 2.65 bits per heavy atom. The van der Waals surface area contributed by atoms with Crippen LogP contribution in [0.25, 0.3) is 0 Å². The van der Waals surface area contributed by atoms with Crippen molar-refractivity contribution in [2.24, 2.45) is 5.16 Å². The Hall–Kier alpha value is -1.79. The standard InChI is InChI=1S/C13H12ClNO4S/c14-11-3-5-13(6-4-11)20(16,17)9-8-19-15-10-12-2-1-7-18-12/h1-7,10H,8-9H2/b15-10+. The van der Waals surface area contributed by atoms with Crippen molar-refractivity contribution in [3.05, 3.63) is 53.4 Å². The molecular formula is C13H12ClNO4S. The molecule has 0 atom stereocenters. The number of hydrogen-bond acceptors (Lipinski definition) is 5. The average molecular weight is 314 g/mol. The summed E-state index contributed by atoms with van der Waals surface area (Å²) in [5.41, 5.74) is 0. The molecule has 1 aromatic carbocycles. The second-order valence-electron chi connectivity index (χ2n) is 3.86. The quantitative estimate of drug-likeness (QED) is 0.467. The van der Waals surface area contributed by atoms with Crippen LogP contribution < -0.4 is 0 Å². The molecule has 0 aliphatic heterocycles. The van der Waals surface area contributed by atoms with E-state index in [9.17, 15) is 8.42 Å². The summed E-state index contributed by atoms with van der Waals surface area (Å²) in [5, 5.41) is 4.11. The highest BCUT2D eigenvalue weighted by Crippen LogP contribution is 2.15. The fourth-order valence-corrected chi connectivity index (χ4v) is 2.62. The third-order valence-corrected chi connectivity index (χ3v) is 4.36. The van der Waals surface area contributed by atoms with Crippen molar-refractivity contribution in [3.8, 4) is 0 Å². The molecule has 20 heavy (non-hydrogen) atoms. The van der Waals surface area contributed by atoms with Gasteiger partial charge >= 0.3 is 0 Å². The topological polar surface area (TPSA) is 68.9 Å². The van der Waals surface area contributed by atoms with Crippen molar-refractivity contribution >= 4 is 27.7 Å². The zero-order valence-electron chi connectivity index (χ0n) is 10.4. The van der Waals surface area contributed by atoms with Gasteiger partial charge in [-0.25, -0.2) is 8.42 Å². The summed E-state index contributed by atoms with van der Waals surface area (Å²) in [6.45, 7) is -0.0395. The van der Waals surface area contributed by atoms with Crippen LogP contribution in [-0.4, -0.2) is 27.0 Å². The molecule has 0 N–H and O–H groups in total. The van der Waals surface area contributed by atoms with Crippen LogP contribution in [0.1, 0.15) is 5.76 Å². The lowest BCUT2D eigenvalue weighted by Crippen LogP contribution is -2.11. The van der Waals surface area contributed by atoms with Gasteiger partial charge in [-0.15, -0.1) is 0 Å². The van der Waals surface area contributed by atoms with E-state index in [1.165, 1.54) is 36.7 Å². The van der Waals surface area contributed by atoms with Gasteiger partial charge in [-0.3, -0.25) is 0 Å². The van der Waals surface area contributed by atoms with E-state index in [0.29, 0.717) is 10.8 Å². The van der Waals surface area contributed by atoms with Gasteiger partial charge in [0.05, 0.1) is 16.9 Å². The van der Waals surface area contributed by atoms with Crippen molar-refractivity contribution in [1.82, 2.24) is 0 Å². The minimum atomic E-state index is -3.39. The minimum Gasteiger partial charge on any atom is -0.463 e. The maximum atomic E-state index is 11.9. The number of hydrogen-bond donors (Lipinski definition) is 0. The highest BCUT2D eigenvalue weighted by molar-refractivity contribution is 7.91. The van der Waals surface area contributed by atoms with Gasteiger partial charge in [0.25, 0.3) is 0 Å². The van der Waals surface area contributed by atoms with E-state index in [4.69, 9.17) is 20.9 Å². The molecule has 1 heterocycles. The molecule has 0 unspecified atom stereocenters. The summed E-state index contributed by atoms with van der Waals surface area (Å²) >= 11 is 5.71. The Bertz CT molecular complexity index is 663. The van der Waals surface area contributed by atoms with Crippen LogP contribution in [0.2, 0.25) is 5.02 Å². The number of halogens is 1. The van der Waals surface area contributed by atoms with E-state index >= 15 is 0 Å². The Labute approximate surface area is 121 Å². The molecule has 1 aromatic heterocycles. The van der Waals surface area contributed by atoms with Crippen LogP contribution in [0.4, 0.5) is 0 Å². The maximum absolute atomic E-state index is 11.9. The lowest BCUT2D eigenvalue weighted by molar-refractivity contribution is 0.161. The third kappa shape index (κ3) is 4.11. The normalized spacial score (nSPS) is 11.8. The molecule has 106 valence electrons. The summed E-state index contributed by atoms with van der Waals surface area (Å²) in [6, 6.07) is 9.41. The van der Waals surface area contributed by atoms with Gasteiger partial charge in [-0.05, 0) is 36.4 Å². The number of sulfone groups is 1. The fourth-order valence-electron chi connectivity index (χ4n) is 1.41. The Morgan fingerprint density at radius 2 is 2.00 bits per heavy atom. The van der Waals surface area contributed by atoms with Crippen LogP contribution in [0.15, 0.2) is 57.1 Å². The average Bonchev–Trinajstić information content (AvgIpc) is 2.92. The SMILES string of the molecule is O=S(=O)(CCO/N=C/c1ccco1)c1ccc(Cl)cc1. The fraction of sp³-hybridized carbons (Fsp3) is 0.154. The molecule has 0 bridgehead atoms. The summed E-state index contributed by atoms with van der Waals surface area (Å²) in [6.07, 6.45) is 2.88. The van der Waals surface area contributed by atoms with Gasteiger partial charge in [-0.2, -0.15) is 0 Å². The number of nitrogens with zero attached hydrogens (tertiary/aromatic N) is 1. The van der Waals surface area contributed by atoms with Crippen molar-refractivity contribution in [2.75, 3.05) is 12.4 Å². The van der Waals surface area contributed by atoms with Crippen molar-refractivity contribution in [1.29, 1.82) is 0 Å². The Morgan fingerprint density at radius 1 is 1.25 bits per heavy atom. The van der Waals surface area contributed by atoms with Gasteiger partial charge in [0, 0.05) is 5.02 Å². The number of benzene rings is 1. The van der Waals surface area contributed by atoms with Gasteiger partial charge in [-0.1, -0.05) is 16.8 Å². The molecular weight excluding hydrogens is 302 g/mol. The highest BCUT2D eigenvalue weighted by atomic mass is 35.5. The lowest BCUT2D eigenvalue weighted by Gasteiger charge is -2.03. The second kappa shape index (κ2) is 6.58. The molecule has 0 aliphatic carbocycles. The van der Waals surface area contributed by atoms with E-state index in [1.54, 1.807) is 12.1 Å².